The van der Waals surface area contributed by atoms with Gasteiger partial charge in [0.2, 0.25) is 0 Å². The minimum Gasteiger partial charge on any atom is -0.497 e. The number of rotatable bonds is 4. The van der Waals surface area contributed by atoms with Crippen LogP contribution in [0.4, 0.5) is 0 Å². The first-order valence-corrected chi connectivity index (χ1v) is 7.59. The highest BCUT2D eigenvalue weighted by Gasteiger charge is 2.23. The number of carbonyl (C=O) groups excluding carboxylic acids is 1. The van der Waals surface area contributed by atoms with Gasteiger partial charge >= 0.3 is 0 Å². The van der Waals surface area contributed by atoms with Crippen molar-refractivity contribution in [1.29, 1.82) is 0 Å². The molecule has 1 aromatic carbocycles. The fourth-order valence-corrected chi connectivity index (χ4v) is 3.14. The van der Waals surface area contributed by atoms with Gasteiger partial charge in [0.05, 0.1) is 12.7 Å². The molecule has 3 nitrogen and oxygen atoms in total. The monoisotopic (exact) mass is 345 g/mol. The minimum absolute atomic E-state index is 0.0798. The topological polar surface area (TPSA) is 38.3 Å². The molecule has 2 atom stereocenters. The molecule has 2 rings (SSSR count). The highest BCUT2D eigenvalue weighted by Crippen LogP contribution is 2.29. The van der Waals surface area contributed by atoms with Crippen molar-refractivity contribution in [3.63, 3.8) is 0 Å². The third-order valence-corrected chi connectivity index (χ3v) is 4.53. The van der Waals surface area contributed by atoms with Gasteiger partial charge in [-0.2, -0.15) is 0 Å². The third kappa shape index (κ3) is 3.86. The first-order chi connectivity index (χ1) is 9.10. The molecule has 0 aromatic heterocycles. The molecule has 1 fully saturated rings. The normalized spacial score (nSPS) is 22.3. The van der Waals surface area contributed by atoms with Crippen LogP contribution in [0.25, 0.3) is 0 Å². The third-order valence-electron chi connectivity index (χ3n) is 3.45. The van der Waals surface area contributed by atoms with Crippen molar-refractivity contribution in [2.24, 2.45) is 5.92 Å². The van der Waals surface area contributed by atoms with Crippen LogP contribution >= 0.6 is 27.5 Å². The van der Waals surface area contributed by atoms with Crippen molar-refractivity contribution in [3.05, 3.63) is 28.2 Å². The molecular weight excluding hydrogens is 330 g/mol. The van der Waals surface area contributed by atoms with Crippen LogP contribution in [0.15, 0.2) is 22.7 Å². The highest BCUT2D eigenvalue weighted by atomic mass is 79.9. The molecule has 104 valence electrons. The summed E-state index contributed by atoms with van der Waals surface area (Å²) in [6.45, 7) is 0.686. The van der Waals surface area contributed by atoms with Crippen LogP contribution in [0.3, 0.4) is 0 Å². The van der Waals surface area contributed by atoms with E-state index in [0.29, 0.717) is 23.8 Å². The van der Waals surface area contributed by atoms with E-state index >= 15 is 0 Å². The summed E-state index contributed by atoms with van der Waals surface area (Å²) in [6.07, 6.45) is 3.12. The number of carbonyl (C=O) groups is 1. The maximum absolute atomic E-state index is 12.1. The van der Waals surface area contributed by atoms with Crippen molar-refractivity contribution in [2.75, 3.05) is 13.7 Å². The van der Waals surface area contributed by atoms with Gasteiger partial charge in [-0.05, 0) is 59.3 Å². The fraction of sp³-hybridized carbons (Fsp3) is 0.500. The zero-order valence-corrected chi connectivity index (χ0v) is 13.1. The predicted molar refractivity (Wildman–Crippen MR) is 80.0 cm³/mol. The zero-order valence-electron chi connectivity index (χ0n) is 10.8. The maximum atomic E-state index is 12.1. The zero-order chi connectivity index (χ0) is 13.8. The Labute approximate surface area is 126 Å². The Morgan fingerprint density at radius 1 is 1.53 bits per heavy atom. The van der Waals surface area contributed by atoms with Gasteiger partial charge in [0.25, 0.3) is 5.91 Å². The Kier molecular flexibility index (Phi) is 5.11. The summed E-state index contributed by atoms with van der Waals surface area (Å²) >= 11 is 9.45. The summed E-state index contributed by atoms with van der Waals surface area (Å²) < 4.78 is 5.90. The Balaban J connectivity index is 1.96. The predicted octanol–water partition coefficient (Wildman–Crippen LogP) is 3.60. The molecule has 0 aliphatic heterocycles. The van der Waals surface area contributed by atoms with Crippen LogP contribution in [0.2, 0.25) is 0 Å². The van der Waals surface area contributed by atoms with Gasteiger partial charge in [-0.3, -0.25) is 4.79 Å². The van der Waals surface area contributed by atoms with Crippen molar-refractivity contribution < 1.29 is 9.53 Å². The number of benzene rings is 1. The molecule has 19 heavy (non-hydrogen) atoms. The molecule has 1 aliphatic rings. The molecule has 1 saturated carbocycles. The van der Waals surface area contributed by atoms with E-state index in [2.05, 4.69) is 21.2 Å². The molecule has 0 saturated heterocycles. The van der Waals surface area contributed by atoms with Gasteiger partial charge in [-0.25, -0.2) is 0 Å². The summed E-state index contributed by atoms with van der Waals surface area (Å²) in [7, 11) is 1.59. The molecule has 2 unspecified atom stereocenters. The van der Waals surface area contributed by atoms with Gasteiger partial charge in [0.1, 0.15) is 5.75 Å². The fourth-order valence-electron chi connectivity index (χ4n) is 2.34. The summed E-state index contributed by atoms with van der Waals surface area (Å²) in [5.74, 6) is 1.09. The summed E-state index contributed by atoms with van der Waals surface area (Å²) in [6, 6.07) is 5.37. The second kappa shape index (κ2) is 6.62. The van der Waals surface area contributed by atoms with Crippen LogP contribution in [0, 0.1) is 5.92 Å². The smallest absolute Gasteiger partial charge is 0.252 e. The van der Waals surface area contributed by atoms with Crippen LogP contribution in [0.5, 0.6) is 5.75 Å². The summed E-state index contributed by atoms with van der Waals surface area (Å²) in [4.78, 5) is 12.1. The van der Waals surface area contributed by atoms with Crippen LogP contribution in [0.1, 0.15) is 29.6 Å². The molecule has 0 bridgehead atoms. The standard InChI is InChI=1S/C14H17BrClNO2/c1-19-11-4-5-13(15)12(7-11)14(18)17-8-9-2-3-10(16)6-9/h4-5,7,9-10H,2-3,6,8H2,1H3,(H,17,18). The molecule has 0 radical (unpaired) electrons. The molecule has 1 N–H and O–H groups in total. The average molecular weight is 347 g/mol. The lowest BCUT2D eigenvalue weighted by Crippen LogP contribution is -2.28. The van der Waals surface area contributed by atoms with Crippen molar-refractivity contribution >= 4 is 33.4 Å². The number of halogens is 2. The van der Waals surface area contributed by atoms with Gasteiger partial charge in [0, 0.05) is 16.4 Å². The summed E-state index contributed by atoms with van der Waals surface area (Å²) in [5, 5.41) is 3.24. The van der Waals surface area contributed by atoms with Crippen molar-refractivity contribution in [2.45, 2.75) is 24.6 Å². The summed E-state index contributed by atoms with van der Waals surface area (Å²) in [5.41, 5.74) is 0.597. The van der Waals surface area contributed by atoms with E-state index in [0.717, 1.165) is 23.7 Å². The van der Waals surface area contributed by atoms with E-state index in [1.807, 2.05) is 12.1 Å². The van der Waals surface area contributed by atoms with Crippen LogP contribution in [-0.2, 0) is 0 Å². The van der Waals surface area contributed by atoms with E-state index in [1.54, 1.807) is 13.2 Å². The Hall–Kier alpha value is -0.740. The molecular formula is C14H17BrClNO2. The Morgan fingerprint density at radius 2 is 2.32 bits per heavy atom. The molecule has 1 aliphatic carbocycles. The van der Waals surface area contributed by atoms with Crippen LogP contribution < -0.4 is 10.1 Å². The van der Waals surface area contributed by atoms with Gasteiger partial charge in [0.15, 0.2) is 0 Å². The number of nitrogens with one attached hydrogen (secondary N) is 1. The first kappa shape index (κ1) is 14.7. The average Bonchev–Trinajstić information content (AvgIpc) is 2.82. The number of ether oxygens (including phenoxy) is 1. The van der Waals surface area contributed by atoms with E-state index in [9.17, 15) is 4.79 Å². The number of hydrogen-bond donors (Lipinski definition) is 1. The lowest BCUT2D eigenvalue weighted by atomic mass is 10.1. The molecule has 1 amide bonds. The molecule has 0 heterocycles. The number of alkyl halides is 1. The molecule has 0 spiro atoms. The Morgan fingerprint density at radius 3 is 2.95 bits per heavy atom. The lowest BCUT2D eigenvalue weighted by Gasteiger charge is -2.12. The van der Waals surface area contributed by atoms with Gasteiger partial charge < -0.3 is 10.1 Å². The second-order valence-electron chi connectivity index (χ2n) is 4.83. The molecule has 1 aromatic rings. The van der Waals surface area contributed by atoms with Crippen molar-refractivity contribution in [3.8, 4) is 5.75 Å². The quantitative estimate of drug-likeness (QED) is 0.846. The SMILES string of the molecule is COc1ccc(Br)c(C(=O)NCC2CCC(Cl)C2)c1. The van der Waals surface area contributed by atoms with E-state index in [4.69, 9.17) is 16.3 Å². The molecule has 5 heteroatoms. The lowest BCUT2D eigenvalue weighted by molar-refractivity contribution is 0.0946. The van der Waals surface area contributed by atoms with Crippen molar-refractivity contribution in [1.82, 2.24) is 5.32 Å². The number of methoxy groups -OCH3 is 1. The Bertz CT molecular complexity index is 467. The highest BCUT2D eigenvalue weighted by molar-refractivity contribution is 9.10. The van der Waals surface area contributed by atoms with E-state index < -0.39 is 0 Å². The number of hydrogen-bond acceptors (Lipinski definition) is 2. The maximum Gasteiger partial charge on any atom is 0.252 e. The number of amides is 1. The van der Waals surface area contributed by atoms with Crippen LogP contribution in [-0.4, -0.2) is 24.9 Å². The van der Waals surface area contributed by atoms with Gasteiger partial charge in [-0.15, -0.1) is 11.6 Å². The van der Waals surface area contributed by atoms with E-state index in [1.165, 1.54) is 0 Å². The van der Waals surface area contributed by atoms with E-state index in [-0.39, 0.29) is 11.3 Å². The second-order valence-corrected chi connectivity index (χ2v) is 6.30. The minimum atomic E-state index is -0.0798. The largest absolute Gasteiger partial charge is 0.497 e. The first-order valence-electron chi connectivity index (χ1n) is 6.36. The van der Waals surface area contributed by atoms with Gasteiger partial charge in [-0.1, -0.05) is 0 Å².